The van der Waals surface area contributed by atoms with E-state index in [1.165, 1.54) is 0 Å². The summed E-state index contributed by atoms with van der Waals surface area (Å²) in [5.74, 6) is -0.548. The van der Waals surface area contributed by atoms with Crippen LogP contribution in [0, 0.1) is 5.92 Å². The third kappa shape index (κ3) is 6.47. The SMILES string of the molecule is CCCC[C@H](NC(=O)N(C)CC(C)CC)C(=O)O. The Labute approximate surface area is 110 Å². The number of nitrogens with zero attached hydrogens (tertiary/aromatic N) is 1. The van der Waals surface area contributed by atoms with Crippen molar-refractivity contribution in [3.63, 3.8) is 0 Å². The van der Waals surface area contributed by atoms with Crippen LogP contribution in [0.1, 0.15) is 46.5 Å². The van der Waals surface area contributed by atoms with Crippen LogP contribution in [0.3, 0.4) is 0 Å². The summed E-state index contributed by atoms with van der Waals surface area (Å²) in [5.41, 5.74) is 0. The highest BCUT2D eigenvalue weighted by Gasteiger charge is 2.21. The molecule has 2 N–H and O–H groups in total. The lowest BCUT2D eigenvalue weighted by molar-refractivity contribution is -0.139. The largest absolute Gasteiger partial charge is 0.480 e. The number of rotatable bonds is 8. The van der Waals surface area contributed by atoms with E-state index < -0.39 is 12.0 Å². The summed E-state index contributed by atoms with van der Waals surface area (Å²) >= 11 is 0. The van der Waals surface area contributed by atoms with Crippen LogP contribution in [0.2, 0.25) is 0 Å². The molecule has 106 valence electrons. The lowest BCUT2D eigenvalue weighted by Gasteiger charge is -2.23. The van der Waals surface area contributed by atoms with E-state index in [0.29, 0.717) is 18.9 Å². The Balaban J connectivity index is 4.27. The van der Waals surface area contributed by atoms with Gasteiger partial charge in [-0.3, -0.25) is 0 Å². The zero-order valence-corrected chi connectivity index (χ0v) is 11.9. The molecule has 0 aliphatic carbocycles. The lowest BCUT2D eigenvalue weighted by Crippen LogP contribution is -2.47. The minimum absolute atomic E-state index is 0.307. The van der Waals surface area contributed by atoms with Crippen molar-refractivity contribution in [2.45, 2.75) is 52.5 Å². The molecule has 0 aromatic heterocycles. The molecule has 0 fully saturated rings. The zero-order chi connectivity index (χ0) is 14.1. The van der Waals surface area contributed by atoms with Gasteiger partial charge in [-0.1, -0.05) is 40.0 Å². The Morgan fingerprint density at radius 2 is 1.94 bits per heavy atom. The van der Waals surface area contributed by atoms with Gasteiger partial charge in [0.25, 0.3) is 0 Å². The molecule has 0 spiro atoms. The number of unbranched alkanes of at least 4 members (excludes halogenated alkanes) is 1. The molecule has 18 heavy (non-hydrogen) atoms. The summed E-state index contributed by atoms with van der Waals surface area (Å²) in [6.45, 7) is 6.77. The molecule has 0 radical (unpaired) electrons. The first kappa shape index (κ1) is 16.7. The predicted octanol–water partition coefficient (Wildman–Crippen LogP) is 2.32. The molecule has 0 aliphatic rings. The van der Waals surface area contributed by atoms with Gasteiger partial charge in [-0.15, -0.1) is 0 Å². The Kier molecular flexibility index (Phi) is 8.16. The highest BCUT2D eigenvalue weighted by Crippen LogP contribution is 2.05. The Morgan fingerprint density at radius 3 is 2.39 bits per heavy atom. The topological polar surface area (TPSA) is 69.6 Å². The average molecular weight is 258 g/mol. The number of nitrogens with one attached hydrogen (secondary N) is 1. The van der Waals surface area contributed by atoms with Gasteiger partial charge in [0.15, 0.2) is 0 Å². The van der Waals surface area contributed by atoms with Gasteiger partial charge in [0, 0.05) is 13.6 Å². The summed E-state index contributed by atoms with van der Waals surface area (Å²) in [5, 5.41) is 11.6. The molecule has 0 aromatic rings. The summed E-state index contributed by atoms with van der Waals surface area (Å²) in [6, 6.07) is -1.09. The quantitative estimate of drug-likeness (QED) is 0.702. The number of hydrogen-bond acceptors (Lipinski definition) is 2. The van der Waals surface area contributed by atoms with E-state index in [-0.39, 0.29) is 6.03 Å². The molecule has 0 heterocycles. The number of carbonyl (C=O) groups is 2. The smallest absolute Gasteiger partial charge is 0.326 e. The van der Waals surface area contributed by atoms with Crippen molar-refractivity contribution in [2.24, 2.45) is 5.92 Å². The lowest BCUT2D eigenvalue weighted by atomic mass is 10.1. The summed E-state index contributed by atoms with van der Waals surface area (Å²) in [4.78, 5) is 24.4. The molecule has 2 atom stereocenters. The van der Waals surface area contributed by atoms with Crippen LogP contribution in [0.25, 0.3) is 0 Å². The molecule has 0 saturated carbocycles. The maximum absolute atomic E-state index is 11.8. The van der Waals surface area contributed by atoms with Crippen molar-refractivity contribution in [1.29, 1.82) is 0 Å². The number of carbonyl (C=O) groups excluding carboxylic acids is 1. The summed E-state index contributed by atoms with van der Waals surface area (Å²) in [6.07, 6.45) is 3.19. The van der Waals surface area contributed by atoms with Crippen LogP contribution >= 0.6 is 0 Å². The van der Waals surface area contributed by atoms with Crippen LogP contribution in [0.5, 0.6) is 0 Å². The fourth-order valence-electron chi connectivity index (χ4n) is 1.60. The summed E-state index contributed by atoms with van der Waals surface area (Å²) < 4.78 is 0. The van der Waals surface area contributed by atoms with Gasteiger partial charge in [-0.05, 0) is 12.3 Å². The number of hydrogen-bond donors (Lipinski definition) is 2. The average Bonchev–Trinajstić information content (AvgIpc) is 2.33. The van der Waals surface area contributed by atoms with Crippen LogP contribution in [-0.2, 0) is 4.79 Å². The number of aliphatic carboxylic acids is 1. The standard InChI is InChI=1S/C13H26N2O3/c1-5-7-8-11(12(16)17)14-13(18)15(4)9-10(3)6-2/h10-11H,5-9H2,1-4H3,(H,14,18)(H,16,17)/t10?,11-/m0/s1. The van der Waals surface area contributed by atoms with Gasteiger partial charge in [0.1, 0.15) is 6.04 Å². The number of carboxylic acid groups (broad SMARTS) is 1. The van der Waals surface area contributed by atoms with Crippen molar-refractivity contribution in [3.8, 4) is 0 Å². The fraction of sp³-hybridized carbons (Fsp3) is 0.846. The van der Waals surface area contributed by atoms with Gasteiger partial charge in [-0.2, -0.15) is 0 Å². The molecule has 5 heteroatoms. The fourth-order valence-corrected chi connectivity index (χ4v) is 1.60. The van der Waals surface area contributed by atoms with Crippen LogP contribution < -0.4 is 5.32 Å². The van der Waals surface area contributed by atoms with Crippen molar-refractivity contribution >= 4 is 12.0 Å². The Morgan fingerprint density at radius 1 is 1.33 bits per heavy atom. The van der Waals surface area contributed by atoms with Crippen molar-refractivity contribution in [1.82, 2.24) is 10.2 Å². The molecule has 0 aliphatic heterocycles. The minimum atomic E-state index is -0.964. The van der Waals surface area contributed by atoms with Crippen LogP contribution in [-0.4, -0.2) is 41.6 Å². The molecular weight excluding hydrogens is 232 g/mol. The van der Waals surface area contributed by atoms with E-state index in [0.717, 1.165) is 19.3 Å². The molecule has 0 aromatic carbocycles. The van der Waals surface area contributed by atoms with Crippen molar-refractivity contribution in [3.05, 3.63) is 0 Å². The van der Waals surface area contributed by atoms with Crippen LogP contribution in [0.15, 0.2) is 0 Å². The monoisotopic (exact) mass is 258 g/mol. The van der Waals surface area contributed by atoms with E-state index in [2.05, 4.69) is 19.2 Å². The van der Waals surface area contributed by atoms with Gasteiger partial charge in [0.2, 0.25) is 0 Å². The second-order valence-corrected chi connectivity index (χ2v) is 4.88. The Bertz CT molecular complexity index is 269. The molecule has 2 amide bonds. The number of carboxylic acids is 1. The van der Waals surface area contributed by atoms with E-state index in [4.69, 9.17) is 5.11 Å². The van der Waals surface area contributed by atoms with E-state index >= 15 is 0 Å². The third-order valence-electron chi connectivity index (χ3n) is 3.07. The normalized spacial score (nSPS) is 13.8. The summed E-state index contributed by atoms with van der Waals surface area (Å²) in [7, 11) is 1.69. The molecule has 0 saturated heterocycles. The third-order valence-corrected chi connectivity index (χ3v) is 3.07. The van der Waals surface area contributed by atoms with E-state index in [9.17, 15) is 9.59 Å². The molecule has 0 bridgehead atoms. The zero-order valence-electron chi connectivity index (χ0n) is 11.9. The second kappa shape index (κ2) is 8.78. The second-order valence-electron chi connectivity index (χ2n) is 4.88. The molecule has 1 unspecified atom stereocenters. The first-order chi connectivity index (χ1) is 8.42. The van der Waals surface area contributed by atoms with Crippen molar-refractivity contribution < 1.29 is 14.7 Å². The van der Waals surface area contributed by atoms with Crippen molar-refractivity contribution in [2.75, 3.05) is 13.6 Å². The highest BCUT2D eigenvalue weighted by atomic mass is 16.4. The molecule has 5 nitrogen and oxygen atoms in total. The maximum atomic E-state index is 11.8. The first-order valence-electron chi connectivity index (χ1n) is 6.66. The van der Waals surface area contributed by atoms with Gasteiger partial charge < -0.3 is 15.3 Å². The highest BCUT2D eigenvalue weighted by molar-refractivity contribution is 5.82. The molecular formula is C13H26N2O3. The molecule has 0 rings (SSSR count). The maximum Gasteiger partial charge on any atom is 0.326 e. The minimum Gasteiger partial charge on any atom is -0.480 e. The van der Waals surface area contributed by atoms with Crippen LogP contribution in [0.4, 0.5) is 4.79 Å². The van der Waals surface area contributed by atoms with E-state index in [1.807, 2.05) is 6.92 Å². The number of urea groups is 1. The number of amides is 2. The van der Waals surface area contributed by atoms with Gasteiger partial charge in [-0.25, -0.2) is 9.59 Å². The van der Waals surface area contributed by atoms with Gasteiger partial charge >= 0.3 is 12.0 Å². The Hall–Kier alpha value is -1.26. The van der Waals surface area contributed by atoms with E-state index in [1.54, 1.807) is 11.9 Å². The predicted molar refractivity (Wildman–Crippen MR) is 71.6 cm³/mol. The first-order valence-corrected chi connectivity index (χ1v) is 6.66. The van der Waals surface area contributed by atoms with Gasteiger partial charge in [0.05, 0.1) is 0 Å².